The summed E-state index contributed by atoms with van der Waals surface area (Å²) in [6.07, 6.45) is 7.39. The molecule has 2 amide bonds. The van der Waals surface area contributed by atoms with Crippen LogP contribution in [0, 0.1) is 19.3 Å². The lowest BCUT2D eigenvalue weighted by atomic mass is 9.92. The second-order valence-electron chi connectivity index (χ2n) is 16.8. The van der Waals surface area contributed by atoms with Crippen molar-refractivity contribution in [2.24, 2.45) is 5.41 Å². The van der Waals surface area contributed by atoms with Gasteiger partial charge < -0.3 is 14.2 Å². The number of amides is 2. The van der Waals surface area contributed by atoms with Crippen molar-refractivity contribution < 1.29 is 33.4 Å². The number of nitrogens with zero attached hydrogens (tertiary/aromatic N) is 1. The number of ketones is 1. The Kier molecular flexibility index (Phi) is 46.8. The maximum Gasteiger partial charge on any atom is 0.333 e. The molecule has 2 aromatic carbocycles. The number of carbonyl (C=O) groups is 4. The number of allylic oxidation sites excluding steroid dienone is 5. The van der Waals surface area contributed by atoms with Gasteiger partial charge in [0.05, 0.1) is 33.2 Å². The number of rotatable bonds is 10. The van der Waals surface area contributed by atoms with Crippen LogP contribution in [0.25, 0.3) is 0 Å². The molecule has 2 heterocycles. The van der Waals surface area contributed by atoms with Crippen LogP contribution in [0.4, 0.5) is 0 Å². The number of aryl methyl sites for hydroxylation is 4. The van der Waals surface area contributed by atoms with Crippen molar-refractivity contribution in [3.8, 4) is 0 Å². The Morgan fingerprint density at radius 3 is 1.33 bits per heavy atom. The number of methoxy groups -OCH3 is 2. The maximum atomic E-state index is 11.8. The third-order valence-electron chi connectivity index (χ3n) is 10.2. The van der Waals surface area contributed by atoms with Gasteiger partial charge in [-0.2, -0.15) is 0 Å². The fourth-order valence-electron chi connectivity index (χ4n) is 4.93. The van der Waals surface area contributed by atoms with Gasteiger partial charge in [-0.1, -0.05) is 110 Å². The third-order valence-corrected chi connectivity index (χ3v) is 11.0. The fourth-order valence-corrected chi connectivity index (χ4v) is 5.34. The molecule has 0 spiro atoms. The van der Waals surface area contributed by atoms with Gasteiger partial charge in [0, 0.05) is 34.7 Å². The van der Waals surface area contributed by atoms with Gasteiger partial charge in [-0.15, -0.1) is 18.5 Å². The van der Waals surface area contributed by atoms with Crippen molar-refractivity contribution in [3.05, 3.63) is 115 Å². The highest BCUT2D eigenvalue weighted by Crippen LogP contribution is 2.24. The quantitative estimate of drug-likeness (QED) is 0.0584. The number of benzene rings is 2. The predicted octanol–water partition coefficient (Wildman–Crippen LogP) is 15.2. The van der Waals surface area contributed by atoms with Crippen molar-refractivity contribution in [1.29, 1.82) is 0 Å². The number of carbonyl (C=O) groups excluding carboxylic acids is 4. The van der Waals surface area contributed by atoms with Gasteiger partial charge in [0.15, 0.2) is 5.78 Å². The minimum Gasteiger partial charge on any atom is -0.501 e. The van der Waals surface area contributed by atoms with E-state index >= 15 is 0 Å². The normalized spacial score (nSPS) is 12.0. The van der Waals surface area contributed by atoms with E-state index in [1.54, 1.807) is 27.9 Å². The summed E-state index contributed by atoms with van der Waals surface area (Å²) in [5.74, 6) is 0.546. The molecule has 0 aliphatic carbocycles. The molecule has 1 fully saturated rings. The van der Waals surface area contributed by atoms with Crippen LogP contribution in [0.5, 0.6) is 0 Å². The van der Waals surface area contributed by atoms with Gasteiger partial charge in [-0.05, 0) is 156 Å². The fraction of sp³-hybridized carbons (Fsp3) is 0.571. The zero-order valence-corrected chi connectivity index (χ0v) is 43.5. The van der Waals surface area contributed by atoms with E-state index in [9.17, 15) is 19.2 Å². The first kappa shape index (κ1) is 76.6. The number of likely N-dealkylation sites (N-methyl/N-ethyl adjacent to an activating group) is 1. The first-order chi connectivity index (χ1) is 28.3. The van der Waals surface area contributed by atoms with E-state index in [-0.39, 0.29) is 60.7 Å². The standard InChI is InChI=1S/C13H16O.C13H22P2.C7H9NO2.C7H12O2.C6H12O.C5H10O.5CH4/c1-9(2)11(4)13(14)12-7-5-10(3)6-8-12;1-11-10-12(4-2-8-14)6-7-13(11)5-3-9-15;1-4-5(2)7(10)8(3)6(4)9;1-5(2)6(3)7(8)9-4;1-5(2)6(3)7-4;1-5(2)3-6-4-5;;;;;/h5-8H,1-4H3;6-7,10H,2-5,8-9,14-15H2,1H3;1-3H3;1-4H3;1-4H3;3-4H2,1-2H3;5*1H4. The minimum absolute atomic E-state index is 0. The third kappa shape index (κ3) is 30.6. The van der Waals surface area contributed by atoms with Crippen molar-refractivity contribution >= 4 is 42.0 Å². The summed E-state index contributed by atoms with van der Waals surface area (Å²) in [5.41, 5.74) is 12.9. The molecule has 8 nitrogen and oxygen atoms in total. The van der Waals surface area contributed by atoms with E-state index in [2.05, 4.69) is 62.2 Å². The van der Waals surface area contributed by atoms with Gasteiger partial charge >= 0.3 is 5.97 Å². The van der Waals surface area contributed by atoms with Gasteiger partial charge in [-0.25, -0.2) is 4.79 Å². The number of hydrogen-bond donors (Lipinski definition) is 0. The van der Waals surface area contributed by atoms with E-state index in [0.717, 1.165) is 46.2 Å². The van der Waals surface area contributed by atoms with Crippen LogP contribution in [-0.4, -0.2) is 75.3 Å². The van der Waals surface area contributed by atoms with Gasteiger partial charge in [0.2, 0.25) is 0 Å². The zero-order valence-electron chi connectivity index (χ0n) is 41.2. The van der Waals surface area contributed by atoms with E-state index in [1.807, 2.05) is 86.6 Å². The molecule has 0 aromatic heterocycles. The van der Waals surface area contributed by atoms with E-state index in [4.69, 9.17) is 9.47 Å². The predicted molar refractivity (Wildman–Crippen MR) is 298 cm³/mol. The molecule has 10 heteroatoms. The molecule has 2 aliphatic heterocycles. The summed E-state index contributed by atoms with van der Waals surface area (Å²) in [6.45, 7) is 31.2. The number of ether oxygens (including phenoxy) is 3. The van der Waals surface area contributed by atoms with E-state index < -0.39 is 0 Å². The van der Waals surface area contributed by atoms with Crippen LogP contribution in [0.15, 0.2) is 87.2 Å². The molecule has 2 unspecified atom stereocenters. The minimum atomic E-state index is -0.241. The van der Waals surface area contributed by atoms with E-state index in [1.165, 1.54) is 80.0 Å². The molecule has 2 aromatic rings. The number of Topliss-reactive ketones (excluding diaryl/α,β-unsaturated/α-hetero) is 1. The van der Waals surface area contributed by atoms with Crippen LogP contribution in [-0.2, 0) is 41.4 Å². The largest absolute Gasteiger partial charge is 0.501 e. The van der Waals surface area contributed by atoms with Crippen LogP contribution in [0.3, 0.4) is 0 Å². The molecule has 1 saturated heterocycles. The van der Waals surface area contributed by atoms with Gasteiger partial charge in [0.1, 0.15) is 0 Å². The molecule has 66 heavy (non-hydrogen) atoms. The second kappa shape index (κ2) is 40.4. The monoisotopic (exact) mass is 962 g/mol. The Balaban J connectivity index is -0.000000128. The smallest absolute Gasteiger partial charge is 0.333 e. The Morgan fingerprint density at radius 1 is 0.652 bits per heavy atom. The summed E-state index contributed by atoms with van der Waals surface area (Å²) in [6, 6.07) is 14.7. The van der Waals surface area contributed by atoms with Crippen LogP contribution in [0.1, 0.15) is 173 Å². The summed E-state index contributed by atoms with van der Waals surface area (Å²) in [7, 11) is 10.1. The van der Waals surface area contributed by atoms with Gasteiger partial charge in [-0.3, -0.25) is 19.3 Å². The zero-order chi connectivity index (χ0) is 47.6. The Hall–Kier alpha value is -3.70. The SMILES string of the molecule is C.C.C.C.C.CC(C)=C(C)C(=O)c1ccc(C)cc1.CC1(C)COC1.CC1=C(C)C(=O)N(C)C1=O.COC(=O)C(C)=C(C)C.COC(C)=C(C)C.Cc1cc(CCCP)ccc1CCCP. The highest BCUT2D eigenvalue weighted by Gasteiger charge is 2.29. The lowest BCUT2D eigenvalue weighted by Crippen LogP contribution is -2.36. The molecule has 2 aliphatic rings. The molecule has 382 valence electrons. The van der Waals surface area contributed by atoms with Crippen LogP contribution >= 0.6 is 18.5 Å². The summed E-state index contributed by atoms with van der Waals surface area (Å²) in [5, 5.41) is 0. The Morgan fingerprint density at radius 2 is 1.08 bits per heavy atom. The molecule has 4 rings (SSSR count). The maximum absolute atomic E-state index is 11.8. The summed E-state index contributed by atoms with van der Waals surface area (Å²) in [4.78, 5) is 45.6. The Labute approximate surface area is 412 Å². The van der Waals surface area contributed by atoms with Crippen molar-refractivity contribution in [3.63, 3.8) is 0 Å². The summed E-state index contributed by atoms with van der Waals surface area (Å²) >= 11 is 0. The Bertz CT molecular complexity index is 1810. The topological polar surface area (TPSA) is 99.2 Å². The lowest BCUT2D eigenvalue weighted by molar-refractivity contribution is -0.137. The number of hydrogen-bond acceptors (Lipinski definition) is 7. The molecule has 0 saturated carbocycles. The highest BCUT2D eigenvalue weighted by atomic mass is 31.0. The van der Waals surface area contributed by atoms with Crippen molar-refractivity contribution in [2.45, 2.75) is 167 Å². The van der Waals surface area contributed by atoms with Crippen molar-refractivity contribution in [1.82, 2.24) is 4.90 Å². The average Bonchev–Trinajstić information content (AvgIpc) is 3.38. The molecule has 0 N–H and O–H groups in total. The molecule has 0 radical (unpaired) electrons. The first-order valence-electron chi connectivity index (χ1n) is 21.1. The van der Waals surface area contributed by atoms with Gasteiger partial charge in [0.25, 0.3) is 11.8 Å². The molecule has 0 bridgehead atoms. The van der Waals surface area contributed by atoms with E-state index in [0.29, 0.717) is 22.1 Å². The molecular formula is C56H101NO7P2. The molecular weight excluding hydrogens is 861 g/mol. The molecule has 2 atom stereocenters. The lowest BCUT2D eigenvalue weighted by Gasteiger charge is -2.33. The van der Waals surface area contributed by atoms with Crippen LogP contribution in [0.2, 0.25) is 0 Å². The van der Waals surface area contributed by atoms with Crippen molar-refractivity contribution in [2.75, 3.05) is 46.8 Å². The average molecular weight is 962 g/mol. The van der Waals surface area contributed by atoms with Crippen LogP contribution < -0.4 is 0 Å². The first-order valence-corrected chi connectivity index (χ1v) is 22.7. The second-order valence-corrected chi connectivity index (χ2v) is 18.0. The highest BCUT2D eigenvalue weighted by molar-refractivity contribution is 7.16. The number of esters is 1. The number of imide groups is 1. The summed E-state index contributed by atoms with van der Waals surface area (Å²) < 4.78 is 14.3.